The van der Waals surface area contributed by atoms with E-state index in [4.69, 9.17) is 11.6 Å². The van der Waals surface area contributed by atoms with Crippen LogP contribution in [0, 0.1) is 5.82 Å². The van der Waals surface area contributed by atoms with E-state index in [1.54, 1.807) is 0 Å². The van der Waals surface area contributed by atoms with Gasteiger partial charge in [-0.05, 0) is 36.4 Å². The molecule has 0 aliphatic heterocycles. The first-order valence-corrected chi connectivity index (χ1v) is 9.45. The molecule has 2 heterocycles. The third-order valence-corrected chi connectivity index (χ3v) is 6.44. The van der Waals surface area contributed by atoms with Crippen LogP contribution in [0.5, 0.6) is 0 Å². The molecule has 0 saturated carbocycles. The van der Waals surface area contributed by atoms with Crippen molar-refractivity contribution in [1.29, 1.82) is 0 Å². The molecule has 0 fully saturated rings. The SMILES string of the molecule is O=S(=O)(Nc1ccc(F)cc1Cl)c1ccc(-c2cc(C(F)(F)F)[nH]n2)s1. The van der Waals surface area contributed by atoms with Gasteiger partial charge in [0.1, 0.15) is 21.4 Å². The first-order valence-electron chi connectivity index (χ1n) is 6.77. The van der Waals surface area contributed by atoms with Crippen molar-refractivity contribution >= 4 is 38.6 Å². The summed E-state index contributed by atoms with van der Waals surface area (Å²) in [6, 6.07) is 6.48. The molecule has 0 unspecified atom stereocenters. The molecule has 12 heteroatoms. The molecule has 0 saturated heterocycles. The summed E-state index contributed by atoms with van der Waals surface area (Å²) in [4.78, 5) is 0.224. The molecule has 138 valence electrons. The molecule has 0 spiro atoms. The molecule has 0 amide bonds. The molecule has 0 radical (unpaired) electrons. The zero-order chi connectivity index (χ0) is 19.1. The summed E-state index contributed by atoms with van der Waals surface area (Å²) in [5.41, 5.74) is -1.10. The largest absolute Gasteiger partial charge is 0.432 e. The summed E-state index contributed by atoms with van der Waals surface area (Å²) >= 11 is 6.51. The van der Waals surface area contributed by atoms with Crippen LogP contribution in [0.2, 0.25) is 5.02 Å². The number of hydrogen-bond acceptors (Lipinski definition) is 4. The minimum atomic E-state index is -4.59. The smallest absolute Gasteiger partial charge is 0.277 e. The Labute approximate surface area is 153 Å². The molecule has 26 heavy (non-hydrogen) atoms. The predicted molar refractivity (Wildman–Crippen MR) is 89.1 cm³/mol. The number of aromatic amines is 1. The lowest BCUT2D eigenvalue weighted by atomic mass is 10.3. The van der Waals surface area contributed by atoms with Crippen molar-refractivity contribution in [1.82, 2.24) is 10.2 Å². The standard InChI is InChI=1S/C14H8ClF4N3O2S2/c15-8-5-7(16)1-2-9(8)22-26(23,24)13-4-3-11(25-13)10-6-12(21-20-10)14(17,18)19/h1-6,22H,(H,20,21). The normalized spacial score (nSPS) is 12.3. The first kappa shape index (κ1) is 18.7. The first-order chi connectivity index (χ1) is 12.1. The number of benzene rings is 1. The number of hydrogen-bond donors (Lipinski definition) is 2. The van der Waals surface area contributed by atoms with Crippen LogP contribution >= 0.6 is 22.9 Å². The summed E-state index contributed by atoms with van der Waals surface area (Å²) in [5.74, 6) is -0.629. The third-order valence-electron chi connectivity index (χ3n) is 3.16. The Morgan fingerprint density at radius 2 is 1.88 bits per heavy atom. The monoisotopic (exact) mass is 425 g/mol. The average molecular weight is 426 g/mol. The second-order valence-corrected chi connectivity index (χ2v) is 8.41. The quantitative estimate of drug-likeness (QED) is 0.592. The number of H-pyrrole nitrogens is 1. The fourth-order valence-corrected chi connectivity index (χ4v) is 4.58. The molecule has 2 N–H and O–H groups in total. The maximum absolute atomic E-state index is 13.0. The van der Waals surface area contributed by atoms with Crippen molar-refractivity contribution in [2.24, 2.45) is 0 Å². The zero-order valence-electron chi connectivity index (χ0n) is 12.4. The highest BCUT2D eigenvalue weighted by atomic mass is 35.5. The van der Waals surface area contributed by atoms with E-state index in [2.05, 4.69) is 9.82 Å². The van der Waals surface area contributed by atoms with E-state index in [0.29, 0.717) is 0 Å². The number of alkyl halides is 3. The van der Waals surface area contributed by atoms with Gasteiger partial charge in [-0.25, -0.2) is 12.8 Å². The number of nitrogens with one attached hydrogen (secondary N) is 2. The van der Waals surface area contributed by atoms with Crippen LogP contribution in [-0.4, -0.2) is 18.6 Å². The molecule has 3 rings (SSSR count). The second-order valence-electron chi connectivity index (χ2n) is 5.01. The van der Waals surface area contributed by atoms with Gasteiger partial charge < -0.3 is 0 Å². The summed E-state index contributed by atoms with van der Waals surface area (Å²) in [7, 11) is -4.06. The van der Waals surface area contributed by atoms with Crippen LogP contribution in [0.15, 0.2) is 40.6 Å². The van der Waals surface area contributed by atoms with Crippen molar-refractivity contribution in [3.63, 3.8) is 0 Å². The van der Waals surface area contributed by atoms with E-state index < -0.39 is 27.7 Å². The predicted octanol–water partition coefficient (Wildman–Crippen LogP) is 4.75. The maximum Gasteiger partial charge on any atom is 0.432 e. The van der Waals surface area contributed by atoms with Gasteiger partial charge in [-0.2, -0.15) is 18.3 Å². The highest BCUT2D eigenvalue weighted by Crippen LogP contribution is 2.35. The molecule has 0 atom stereocenters. The van der Waals surface area contributed by atoms with Crippen LogP contribution in [0.25, 0.3) is 10.6 Å². The minimum Gasteiger partial charge on any atom is -0.277 e. The van der Waals surface area contributed by atoms with E-state index in [9.17, 15) is 26.0 Å². The molecule has 0 bridgehead atoms. The van der Waals surface area contributed by atoms with Crippen molar-refractivity contribution in [3.05, 3.63) is 52.9 Å². The molecule has 0 aliphatic rings. The van der Waals surface area contributed by atoms with Gasteiger partial charge in [-0.15, -0.1) is 11.3 Å². The number of thiophene rings is 1. The van der Waals surface area contributed by atoms with E-state index >= 15 is 0 Å². The molecular weight excluding hydrogens is 418 g/mol. The van der Waals surface area contributed by atoms with Crippen LogP contribution in [0.1, 0.15) is 5.69 Å². The Bertz CT molecular complexity index is 1060. The molecule has 3 aromatic rings. The topological polar surface area (TPSA) is 74.8 Å². The van der Waals surface area contributed by atoms with E-state index in [-0.39, 0.29) is 25.5 Å². The third kappa shape index (κ3) is 3.84. The molecule has 1 aromatic carbocycles. The number of anilines is 1. The van der Waals surface area contributed by atoms with Crippen molar-refractivity contribution in [2.45, 2.75) is 10.4 Å². The number of halogens is 5. The van der Waals surface area contributed by atoms with Gasteiger partial charge in [0.15, 0.2) is 0 Å². The summed E-state index contributed by atoms with van der Waals surface area (Å²) in [6.07, 6.45) is -4.59. The Morgan fingerprint density at radius 3 is 2.50 bits per heavy atom. The fraction of sp³-hybridized carbons (Fsp3) is 0.0714. The summed E-state index contributed by atoms with van der Waals surface area (Å²) < 4.78 is 77.7. The zero-order valence-corrected chi connectivity index (χ0v) is 14.8. The van der Waals surface area contributed by atoms with Crippen LogP contribution in [-0.2, 0) is 16.2 Å². The number of rotatable bonds is 4. The average Bonchev–Trinajstić information content (AvgIpc) is 3.17. The minimum absolute atomic E-state index is 0.0258. The molecule has 0 aliphatic carbocycles. The summed E-state index contributed by atoms with van der Waals surface area (Å²) in [6.45, 7) is 0. The lowest BCUT2D eigenvalue weighted by Gasteiger charge is -2.07. The Kier molecular flexibility index (Phi) is 4.71. The maximum atomic E-state index is 13.0. The van der Waals surface area contributed by atoms with E-state index in [0.717, 1.165) is 35.6 Å². The van der Waals surface area contributed by atoms with Crippen molar-refractivity contribution in [2.75, 3.05) is 4.72 Å². The lowest BCUT2D eigenvalue weighted by molar-refractivity contribution is -0.141. The fourth-order valence-electron chi connectivity index (χ4n) is 1.96. The van der Waals surface area contributed by atoms with Gasteiger partial charge in [0.2, 0.25) is 0 Å². The van der Waals surface area contributed by atoms with Gasteiger partial charge in [0, 0.05) is 0 Å². The van der Waals surface area contributed by atoms with Gasteiger partial charge in [-0.1, -0.05) is 11.6 Å². The molecular formula is C14H8ClF4N3O2S2. The van der Waals surface area contributed by atoms with E-state index in [1.165, 1.54) is 12.1 Å². The summed E-state index contributed by atoms with van der Waals surface area (Å²) in [5, 5.41) is 5.27. The highest BCUT2D eigenvalue weighted by Gasteiger charge is 2.33. The Hall–Kier alpha value is -2.11. The lowest BCUT2D eigenvalue weighted by Crippen LogP contribution is -2.11. The van der Waals surface area contributed by atoms with E-state index in [1.807, 2.05) is 5.10 Å². The number of aromatic nitrogens is 2. The highest BCUT2D eigenvalue weighted by molar-refractivity contribution is 7.94. The van der Waals surface area contributed by atoms with Crippen LogP contribution < -0.4 is 4.72 Å². The second kappa shape index (κ2) is 6.56. The number of sulfonamides is 1. The van der Waals surface area contributed by atoms with Crippen molar-refractivity contribution in [3.8, 4) is 10.6 Å². The van der Waals surface area contributed by atoms with Crippen LogP contribution in [0.4, 0.5) is 23.2 Å². The van der Waals surface area contributed by atoms with Crippen LogP contribution in [0.3, 0.4) is 0 Å². The van der Waals surface area contributed by atoms with Gasteiger partial charge >= 0.3 is 6.18 Å². The Balaban J connectivity index is 1.87. The van der Waals surface area contributed by atoms with Crippen molar-refractivity contribution < 1.29 is 26.0 Å². The van der Waals surface area contributed by atoms with Gasteiger partial charge in [0.05, 0.1) is 15.6 Å². The Morgan fingerprint density at radius 1 is 1.15 bits per heavy atom. The number of nitrogens with zero attached hydrogens (tertiary/aromatic N) is 1. The molecule has 5 nitrogen and oxygen atoms in total. The van der Waals surface area contributed by atoms with Gasteiger partial charge in [0.25, 0.3) is 10.0 Å². The van der Waals surface area contributed by atoms with Gasteiger partial charge in [-0.3, -0.25) is 9.82 Å². The molecule has 2 aromatic heterocycles.